The van der Waals surface area contributed by atoms with Crippen LogP contribution in [0.3, 0.4) is 0 Å². The first-order valence-electron chi connectivity index (χ1n) is 9.42. The Morgan fingerprint density at radius 2 is 1.27 bits per heavy atom. The number of rotatable bonds is 10. The molecule has 2 aromatic carbocycles. The summed E-state index contributed by atoms with van der Waals surface area (Å²) in [5.74, 6) is -1.14. The fourth-order valence-electron chi connectivity index (χ4n) is 2.52. The number of hydrogen-bond donors (Lipinski definition) is 1. The van der Waals surface area contributed by atoms with Gasteiger partial charge in [-0.1, -0.05) is 72.3 Å². The van der Waals surface area contributed by atoms with Gasteiger partial charge in [0, 0.05) is 0 Å². The van der Waals surface area contributed by atoms with Crippen LogP contribution in [0, 0.1) is 0 Å². The molecule has 1 amide bonds. The van der Waals surface area contributed by atoms with E-state index in [1.54, 1.807) is 0 Å². The Kier molecular flexibility index (Phi) is 9.67. The highest BCUT2D eigenvalue weighted by Crippen LogP contribution is 2.09. The molecule has 0 aliphatic heterocycles. The number of halogens is 1. The smallest absolute Gasteiger partial charge is 0.408 e. The Labute approximate surface area is 180 Å². The van der Waals surface area contributed by atoms with E-state index in [0.717, 1.165) is 11.1 Å². The lowest BCUT2D eigenvalue weighted by Crippen LogP contribution is -2.39. The van der Waals surface area contributed by atoms with E-state index in [1.165, 1.54) is 6.92 Å². The van der Waals surface area contributed by atoms with Gasteiger partial charge >= 0.3 is 18.0 Å². The lowest BCUT2D eigenvalue weighted by atomic mass is 10.1. The van der Waals surface area contributed by atoms with Gasteiger partial charge in [-0.3, -0.25) is 9.59 Å². The minimum atomic E-state index is -0.862. The van der Waals surface area contributed by atoms with E-state index in [1.807, 2.05) is 60.7 Å². The van der Waals surface area contributed by atoms with Crippen LogP contribution in [0.4, 0.5) is 4.79 Å². The van der Waals surface area contributed by atoms with Crippen LogP contribution in [0.25, 0.3) is 0 Å². The monoisotopic (exact) mass is 433 g/mol. The number of nitrogens with one attached hydrogen (secondary N) is 1. The van der Waals surface area contributed by atoms with E-state index in [4.69, 9.17) is 25.8 Å². The topological polar surface area (TPSA) is 90.9 Å². The number of benzene rings is 2. The Morgan fingerprint density at radius 3 is 1.67 bits per heavy atom. The Balaban J connectivity index is 1.88. The first kappa shape index (κ1) is 23.2. The SMILES string of the molecule is CC(Cl)OC(=O)NC(CC(=O)OCc1ccccc1)CC(=O)OCc1ccccc1. The number of hydrogen-bond acceptors (Lipinski definition) is 6. The van der Waals surface area contributed by atoms with Gasteiger partial charge in [0.1, 0.15) is 13.2 Å². The van der Waals surface area contributed by atoms with Gasteiger partial charge in [0.05, 0.1) is 18.9 Å². The van der Waals surface area contributed by atoms with Crippen molar-refractivity contribution >= 4 is 29.6 Å². The summed E-state index contributed by atoms with van der Waals surface area (Å²) in [5.41, 5.74) is 0.793. The lowest BCUT2D eigenvalue weighted by molar-refractivity contribution is -0.147. The molecular weight excluding hydrogens is 410 g/mol. The maximum atomic E-state index is 12.2. The van der Waals surface area contributed by atoms with Gasteiger partial charge in [0.2, 0.25) is 0 Å². The van der Waals surface area contributed by atoms with Crippen molar-refractivity contribution in [3.05, 3.63) is 71.8 Å². The van der Waals surface area contributed by atoms with Crippen molar-refractivity contribution in [1.82, 2.24) is 5.32 Å². The Bertz CT molecular complexity index is 755. The zero-order chi connectivity index (χ0) is 21.8. The number of amides is 1. The minimum absolute atomic E-state index is 0.0913. The Morgan fingerprint density at radius 1 is 0.833 bits per heavy atom. The lowest BCUT2D eigenvalue weighted by Gasteiger charge is -2.18. The van der Waals surface area contributed by atoms with E-state index in [2.05, 4.69) is 5.32 Å². The summed E-state index contributed by atoms with van der Waals surface area (Å²) in [6.45, 7) is 1.65. The highest BCUT2D eigenvalue weighted by atomic mass is 35.5. The summed E-state index contributed by atoms with van der Waals surface area (Å²) in [4.78, 5) is 36.3. The van der Waals surface area contributed by atoms with Gasteiger partial charge in [-0.15, -0.1) is 0 Å². The van der Waals surface area contributed by atoms with Crippen LogP contribution in [0.2, 0.25) is 0 Å². The molecule has 0 bridgehead atoms. The molecule has 0 saturated heterocycles. The van der Waals surface area contributed by atoms with Crippen LogP contribution >= 0.6 is 11.6 Å². The molecule has 7 nitrogen and oxygen atoms in total. The summed E-state index contributed by atoms with van der Waals surface area (Å²) < 4.78 is 15.3. The quantitative estimate of drug-likeness (QED) is 0.347. The van der Waals surface area contributed by atoms with Gasteiger partial charge in [-0.2, -0.15) is 0 Å². The molecule has 0 saturated carbocycles. The molecule has 30 heavy (non-hydrogen) atoms. The van der Waals surface area contributed by atoms with Crippen molar-refractivity contribution < 1.29 is 28.6 Å². The van der Waals surface area contributed by atoms with Crippen LogP contribution in [0.1, 0.15) is 30.9 Å². The van der Waals surface area contributed by atoms with Gasteiger partial charge in [-0.05, 0) is 18.1 Å². The van der Waals surface area contributed by atoms with Crippen molar-refractivity contribution in [3.8, 4) is 0 Å². The first-order chi connectivity index (χ1) is 14.4. The highest BCUT2D eigenvalue weighted by molar-refractivity contribution is 6.19. The average Bonchev–Trinajstić information content (AvgIpc) is 2.71. The molecule has 0 aromatic heterocycles. The largest absolute Gasteiger partial charge is 0.461 e. The molecule has 0 fully saturated rings. The van der Waals surface area contributed by atoms with Crippen LogP contribution < -0.4 is 5.32 Å². The second-order valence-electron chi connectivity index (χ2n) is 6.49. The van der Waals surface area contributed by atoms with Crippen molar-refractivity contribution in [1.29, 1.82) is 0 Å². The number of ether oxygens (including phenoxy) is 3. The number of esters is 2. The van der Waals surface area contributed by atoms with E-state index < -0.39 is 29.6 Å². The van der Waals surface area contributed by atoms with Gasteiger partial charge in [0.25, 0.3) is 0 Å². The van der Waals surface area contributed by atoms with Crippen molar-refractivity contribution in [2.75, 3.05) is 0 Å². The van der Waals surface area contributed by atoms with E-state index in [-0.39, 0.29) is 26.1 Å². The summed E-state index contributed by atoms with van der Waals surface area (Å²) in [5, 5.41) is 2.46. The van der Waals surface area contributed by atoms with Crippen molar-refractivity contribution in [3.63, 3.8) is 0 Å². The molecule has 2 aromatic rings. The van der Waals surface area contributed by atoms with E-state index in [9.17, 15) is 14.4 Å². The molecule has 2 rings (SSSR count). The number of alkyl carbamates (subject to hydrolysis) is 1. The zero-order valence-electron chi connectivity index (χ0n) is 16.6. The molecule has 1 atom stereocenters. The van der Waals surface area contributed by atoms with Crippen molar-refractivity contribution in [2.45, 2.75) is 44.6 Å². The molecule has 1 unspecified atom stereocenters. The van der Waals surface area contributed by atoms with E-state index in [0.29, 0.717) is 0 Å². The normalized spacial score (nSPS) is 11.4. The van der Waals surface area contributed by atoms with Gasteiger partial charge in [-0.25, -0.2) is 4.79 Å². The van der Waals surface area contributed by atoms with Gasteiger partial charge < -0.3 is 19.5 Å². The molecule has 0 radical (unpaired) electrons. The minimum Gasteiger partial charge on any atom is -0.461 e. The maximum Gasteiger partial charge on any atom is 0.408 e. The van der Waals surface area contributed by atoms with Crippen LogP contribution in [-0.2, 0) is 37.0 Å². The average molecular weight is 434 g/mol. The fraction of sp³-hybridized carbons (Fsp3) is 0.318. The molecule has 0 aliphatic rings. The number of carbonyl (C=O) groups excluding carboxylic acids is 3. The first-order valence-corrected chi connectivity index (χ1v) is 9.86. The molecule has 0 spiro atoms. The summed E-state index contributed by atoms with van der Waals surface area (Å²) in [6, 6.07) is 17.5. The molecule has 0 aliphatic carbocycles. The fourth-order valence-corrected chi connectivity index (χ4v) is 2.60. The van der Waals surface area contributed by atoms with Crippen LogP contribution in [-0.4, -0.2) is 29.6 Å². The molecule has 0 heterocycles. The van der Waals surface area contributed by atoms with Crippen LogP contribution in [0.15, 0.2) is 60.7 Å². The third kappa shape index (κ3) is 9.43. The predicted molar refractivity (Wildman–Crippen MR) is 110 cm³/mol. The van der Waals surface area contributed by atoms with Gasteiger partial charge in [0.15, 0.2) is 5.56 Å². The van der Waals surface area contributed by atoms with Crippen LogP contribution in [0.5, 0.6) is 0 Å². The van der Waals surface area contributed by atoms with E-state index >= 15 is 0 Å². The standard InChI is InChI=1S/C22H24ClNO6/c1-16(23)30-22(27)24-19(12-20(25)28-14-17-8-4-2-5-9-17)13-21(26)29-15-18-10-6-3-7-11-18/h2-11,16,19H,12-15H2,1H3,(H,24,27). The summed E-state index contributed by atoms with van der Waals surface area (Å²) in [6.07, 6.45) is -1.29. The third-order valence-corrected chi connectivity index (χ3v) is 3.99. The second-order valence-corrected chi connectivity index (χ2v) is 7.10. The predicted octanol–water partition coefficient (Wildman–Crippen LogP) is 3.93. The number of alkyl halides is 1. The third-order valence-electron chi connectivity index (χ3n) is 3.90. The highest BCUT2D eigenvalue weighted by Gasteiger charge is 2.23. The summed E-state index contributed by atoms with van der Waals surface area (Å²) >= 11 is 5.64. The number of carbonyl (C=O) groups is 3. The maximum absolute atomic E-state index is 12.2. The Hall–Kier alpha value is -3.06. The zero-order valence-corrected chi connectivity index (χ0v) is 17.3. The second kappa shape index (κ2) is 12.5. The molecule has 1 N–H and O–H groups in total. The molecule has 160 valence electrons. The molecule has 8 heteroatoms. The molecular formula is C22H24ClNO6. The van der Waals surface area contributed by atoms with Crippen molar-refractivity contribution in [2.24, 2.45) is 0 Å². The summed E-state index contributed by atoms with van der Waals surface area (Å²) in [7, 11) is 0.